The molecule has 104 valence electrons. The number of ether oxygens (including phenoxy) is 1. The third-order valence-corrected chi connectivity index (χ3v) is 3.47. The molecule has 3 rings (SSSR count). The van der Waals surface area contributed by atoms with Crippen LogP contribution in [-0.4, -0.2) is 43.3 Å². The van der Waals surface area contributed by atoms with Gasteiger partial charge < -0.3 is 15.0 Å². The van der Waals surface area contributed by atoms with Crippen LogP contribution < -0.4 is 15.0 Å². The number of benzene rings is 1. The summed E-state index contributed by atoms with van der Waals surface area (Å²) in [4.78, 5) is 11.0. The van der Waals surface area contributed by atoms with Crippen molar-refractivity contribution >= 4 is 5.69 Å². The number of hydrogen-bond donors (Lipinski definition) is 1. The number of methoxy groups -OCH3 is 1. The lowest BCUT2D eigenvalue weighted by atomic mass is 10.1. The molecule has 20 heavy (non-hydrogen) atoms. The molecule has 0 spiro atoms. The first-order valence-electron chi connectivity index (χ1n) is 6.79. The molecule has 0 bridgehead atoms. The van der Waals surface area contributed by atoms with E-state index in [0.29, 0.717) is 5.75 Å². The van der Waals surface area contributed by atoms with Gasteiger partial charge in [-0.05, 0) is 24.3 Å². The fourth-order valence-corrected chi connectivity index (χ4v) is 2.32. The summed E-state index contributed by atoms with van der Waals surface area (Å²) in [5, 5.41) is 3.36. The Morgan fingerprint density at radius 2 is 1.70 bits per heavy atom. The van der Waals surface area contributed by atoms with Crippen molar-refractivity contribution in [3.63, 3.8) is 0 Å². The zero-order valence-corrected chi connectivity index (χ0v) is 11.5. The third-order valence-electron chi connectivity index (χ3n) is 3.47. The van der Waals surface area contributed by atoms with Gasteiger partial charge in [0.25, 0.3) is 0 Å². The summed E-state index contributed by atoms with van der Waals surface area (Å²) in [5.74, 6) is 1.39. The van der Waals surface area contributed by atoms with Crippen molar-refractivity contribution < 1.29 is 4.74 Å². The van der Waals surface area contributed by atoms with E-state index in [1.807, 2.05) is 0 Å². The Bertz CT molecular complexity index is 547. The lowest BCUT2D eigenvalue weighted by molar-refractivity contribution is 0.411. The average Bonchev–Trinajstić information content (AvgIpc) is 2.56. The van der Waals surface area contributed by atoms with E-state index >= 15 is 0 Å². The number of rotatable bonds is 3. The van der Waals surface area contributed by atoms with E-state index in [-0.39, 0.29) is 0 Å². The molecule has 2 aromatic rings. The monoisotopic (exact) mass is 270 g/mol. The minimum Gasteiger partial charge on any atom is -0.494 e. The van der Waals surface area contributed by atoms with Crippen LogP contribution in [0.1, 0.15) is 0 Å². The average molecular weight is 270 g/mol. The van der Waals surface area contributed by atoms with Crippen molar-refractivity contribution in [2.45, 2.75) is 0 Å². The number of nitrogens with zero attached hydrogens (tertiary/aromatic N) is 3. The molecule has 5 heteroatoms. The molecule has 1 saturated heterocycles. The Morgan fingerprint density at radius 1 is 1.05 bits per heavy atom. The van der Waals surface area contributed by atoms with Gasteiger partial charge in [-0.25, -0.2) is 9.97 Å². The Hall–Kier alpha value is -2.14. The van der Waals surface area contributed by atoms with Crippen molar-refractivity contribution in [1.29, 1.82) is 0 Å². The van der Waals surface area contributed by atoms with Gasteiger partial charge in [0.2, 0.25) is 0 Å². The number of piperazine rings is 1. The lowest BCUT2D eigenvalue weighted by Gasteiger charge is -2.29. The zero-order chi connectivity index (χ0) is 13.8. The summed E-state index contributed by atoms with van der Waals surface area (Å²) < 4.78 is 5.07. The number of aromatic nitrogens is 2. The fourth-order valence-electron chi connectivity index (χ4n) is 2.32. The molecule has 0 radical (unpaired) electrons. The van der Waals surface area contributed by atoms with E-state index in [2.05, 4.69) is 44.5 Å². The molecule has 1 aromatic carbocycles. The highest BCUT2D eigenvalue weighted by Gasteiger charge is 2.10. The predicted molar refractivity (Wildman–Crippen MR) is 79.1 cm³/mol. The first-order valence-corrected chi connectivity index (χ1v) is 6.79. The second kappa shape index (κ2) is 5.88. The SMILES string of the molecule is COc1cnc(-c2ccc(N3CCNCC3)cc2)nc1. The maximum atomic E-state index is 5.07. The van der Waals surface area contributed by atoms with Crippen LogP contribution in [0.15, 0.2) is 36.7 Å². The summed E-state index contributed by atoms with van der Waals surface area (Å²) in [6.45, 7) is 4.20. The molecule has 5 nitrogen and oxygen atoms in total. The topological polar surface area (TPSA) is 50.3 Å². The van der Waals surface area contributed by atoms with Gasteiger partial charge in [-0.2, -0.15) is 0 Å². The first kappa shape index (κ1) is 12.9. The van der Waals surface area contributed by atoms with E-state index in [4.69, 9.17) is 4.74 Å². The molecule has 1 aliphatic heterocycles. The molecule has 1 fully saturated rings. The van der Waals surface area contributed by atoms with Crippen LogP contribution in [0, 0.1) is 0 Å². The van der Waals surface area contributed by atoms with Gasteiger partial charge in [0.05, 0.1) is 19.5 Å². The second-order valence-corrected chi connectivity index (χ2v) is 4.73. The maximum absolute atomic E-state index is 5.07. The quantitative estimate of drug-likeness (QED) is 0.917. The second-order valence-electron chi connectivity index (χ2n) is 4.73. The Morgan fingerprint density at radius 3 is 2.30 bits per heavy atom. The summed E-state index contributed by atoms with van der Waals surface area (Å²) >= 11 is 0. The number of hydrogen-bond acceptors (Lipinski definition) is 5. The molecule has 0 unspecified atom stereocenters. The van der Waals surface area contributed by atoms with Crippen molar-refractivity contribution in [3.8, 4) is 17.1 Å². The van der Waals surface area contributed by atoms with Crippen molar-refractivity contribution in [2.24, 2.45) is 0 Å². The zero-order valence-electron chi connectivity index (χ0n) is 11.5. The van der Waals surface area contributed by atoms with Crippen LogP contribution in [0.25, 0.3) is 11.4 Å². The smallest absolute Gasteiger partial charge is 0.159 e. The Kier molecular flexibility index (Phi) is 3.78. The fraction of sp³-hybridized carbons (Fsp3) is 0.333. The largest absolute Gasteiger partial charge is 0.494 e. The first-order chi connectivity index (χ1) is 9.86. The maximum Gasteiger partial charge on any atom is 0.159 e. The molecule has 1 N–H and O–H groups in total. The summed E-state index contributed by atoms with van der Waals surface area (Å²) in [5.41, 5.74) is 2.27. The van der Waals surface area contributed by atoms with Gasteiger partial charge in [-0.1, -0.05) is 0 Å². The standard InChI is InChI=1S/C15H18N4O/c1-20-14-10-17-15(18-11-14)12-2-4-13(5-3-12)19-8-6-16-7-9-19/h2-5,10-11,16H,6-9H2,1H3. The van der Waals surface area contributed by atoms with Gasteiger partial charge in [0.15, 0.2) is 11.6 Å². The van der Waals surface area contributed by atoms with Gasteiger partial charge in [-0.15, -0.1) is 0 Å². The minimum absolute atomic E-state index is 0.672. The van der Waals surface area contributed by atoms with Gasteiger partial charge in [0.1, 0.15) is 0 Å². The molecular weight excluding hydrogens is 252 g/mol. The third kappa shape index (κ3) is 2.72. The van der Waals surface area contributed by atoms with Gasteiger partial charge >= 0.3 is 0 Å². The predicted octanol–water partition coefficient (Wildman–Crippen LogP) is 1.56. The highest BCUT2D eigenvalue weighted by atomic mass is 16.5. The number of anilines is 1. The van der Waals surface area contributed by atoms with Crippen LogP contribution in [0.5, 0.6) is 5.75 Å². The molecule has 1 aliphatic rings. The molecule has 0 atom stereocenters. The lowest BCUT2D eigenvalue weighted by Crippen LogP contribution is -2.43. The van der Waals surface area contributed by atoms with E-state index in [1.165, 1.54) is 5.69 Å². The van der Waals surface area contributed by atoms with Gasteiger partial charge in [-0.3, -0.25) is 0 Å². The highest BCUT2D eigenvalue weighted by molar-refractivity contribution is 5.60. The van der Waals surface area contributed by atoms with E-state index in [1.54, 1.807) is 19.5 Å². The molecule has 2 heterocycles. The minimum atomic E-state index is 0.672. The van der Waals surface area contributed by atoms with Gasteiger partial charge in [0, 0.05) is 37.4 Å². The molecule has 1 aromatic heterocycles. The summed E-state index contributed by atoms with van der Waals surface area (Å²) in [6, 6.07) is 8.40. The summed E-state index contributed by atoms with van der Waals surface area (Å²) in [6.07, 6.45) is 3.37. The van der Waals surface area contributed by atoms with Crippen LogP contribution in [-0.2, 0) is 0 Å². The molecule has 0 aliphatic carbocycles. The molecule has 0 amide bonds. The van der Waals surface area contributed by atoms with Crippen LogP contribution >= 0.6 is 0 Å². The normalized spacial score (nSPS) is 15.2. The van der Waals surface area contributed by atoms with E-state index < -0.39 is 0 Å². The molecule has 0 saturated carbocycles. The number of nitrogens with one attached hydrogen (secondary N) is 1. The van der Waals surface area contributed by atoms with E-state index in [9.17, 15) is 0 Å². The van der Waals surface area contributed by atoms with Crippen molar-refractivity contribution in [2.75, 3.05) is 38.2 Å². The van der Waals surface area contributed by atoms with Crippen molar-refractivity contribution in [1.82, 2.24) is 15.3 Å². The van der Waals surface area contributed by atoms with Crippen LogP contribution in [0.4, 0.5) is 5.69 Å². The Labute approximate surface area is 118 Å². The summed E-state index contributed by atoms with van der Waals surface area (Å²) in [7, 11) is 1.61. The van der Waals surface area contributed by atoms with Crippen LogP contribution in [0.2, 0.25) is 0 Å². The van der Waals surface area contributed by atoms with E-state index in [0.717, 1.165) is 37.6 Å². The highest BCUT2D eigenvalue weighted by Crippen LogP contribution is 2.21. The van der Waals surface area contributed by atoms with Crippen molar-refractivity contribution in [3.05, 3.63) is 36.7 Å². The Balaban J connectivity index is 1.77. The van der Waals surface area contributed by atoms with Crippen LogP contribution in [0.3, 0.4) is 0 Å². The molecular formula is C15H18N4O.